The minimum absolute atomic E-state index is 0.0446. The molecule has 0 unspecified atom stereocenters. The van der Waals surface area contributed by atoms with Crippen molar-refractivity contribution in [2.45, 2.75) is 31.8 Å². The first-order valence-corrected chi connectivity index (χ1v) is 9.56. The molecule has 4 amide bonds. The van der Waals surface area contributed by atoms with Crippen molar-refractivity contribution >= 4 is 28.9 Å². The number of hydrogen-bond acceptors (Lipinski definition) is 5. The van der Waals surface area contributed by atoms with Crippen LogP contribution in [-0.2, 0) is 21.7 Å². The molecule has 1 atom stereocenters. The second-order valence-electron chi connectivity index (χ2n) is 6.97. The number of aryl methyl sites for hydroxylation is 1. The maximum Gasteiger partial charge on any atom is 0.419 e. The Morgan fingerprint density at radius 2 is 1.77 bits per heavy atom. The number of aromatic nitrogens is 1. The lowest BCUT2D eigenvalue weighted by Gasteiger charge is -2.25. The summed E-state index contributed by atoms with van der Waals surface area (Å²) in [7, 11) is 0. The Balaban J connectivity index is 1.48. The highest BCUT2D eigenvalue weighted by Crippen LogP contribution is 2.31. The molecule has 1 aliphatic heterocycles. The van der Waals surface area contributed by atoms with Gasteiger partial charge in [0.2, 0.25) is 5.91 Å². The second-order valence-corrected chi connectivity index (χ2v) is 6.97. The second kappa shape index (κ2) is 7.51. The number of rotatable bonds is 6. The quantitative estimate of drug-likeness (QED) is 0.605. The number of benzene rings is 2. The fourth-order valence-electron chi connectivity index (χ4n) is 3.66. The topological polar surface area (TPSA) is 114 Å². The van der Waals surface area contributed by atoms with Crippen LogP contribution in [0.2, 0.25) is 0 Å². The van der Waals surface area contributed by atoms with E-state index in [1.54, 1.807) is 55.5 Å². The number of oxazole rings is 1. The number of fused-ring (bicyclic) bond motifs is 1. The molecule has 4 rings (SSSR count). The summed E-state index contributed by atoms with van der Waals surface area (Å²) in [4.78, 5) is 49.9. The van der Waals surface area contributed by atoms with Gasteiger partial charge in [-0.05, 0) is 24.1 Å². The maximum absolute atomic E-state index is 13.0. The first kappa shape index (κ1) is 19.4. The summed E-state index contributed by atoms with van der Waals surface area (Å²) in [5, 5.41) is 3.40. The molecule has 1 aromatic heterocycles. The van der Waals surface area contributed by atoms with Crippen LogP contribution in [0.3, 0.4) is 0 Å². The summed E-state index contributed by atoms with van der Waals surface area (Å²) in [5.41, 5.74) is 2.75. The third-order valence-corrected chi connectivity index (χ3v) is 5.26. The van der Waals surface area contributed by atoms with Crippen LogP contribution in [0.5, 0.6) is 0 Å². The van der Waals surface area contributed by atoms with Gasteiger partial charge in [0, 0.05) is 13.0 Å². The van der Waals surface area contributed by atoms with E-state index in [4.69, 9.17) is 4.42 Å². The Kier molecular flexibility index (Phi) is 4.86. The van der Waals surface area contributed by atoms with Crippen molar-refractivity contribution in [3.05, 3.63) is 70.7 Å². The zero-order chi connectivity index (χ0) is 21.3. The molecule has 3 aromatic rings. The van der Waals surface area contributed by atoms with Crippen LogP contribution >= 0.6 is 0 Å². The van der Waals surface area contributed by atoms with Gasteiger partial charge in [0.25, 0.3) is 5.91 Å². The number of para-hydroxylation sites is 2. The zero-order valence-electron chi connectivity index (χ0n) is 16.3. The van der Waals surface area contributed by atoms with Crippen LogP contribution in [-0.4, -0.2) is 27.4 Å². The van der Waals surface area contributed by atoms with Gasteiger partial charge in [0.1, 0.15) is 5.54 Å². The molecule has 0 radical (unpaired) electrons. The van der Waals surface area contributed by atoms with Crippen molar-refractivity contribution in [1.29, 1.82) is 0 Å². The van der Waals surface area contributed by atoms with E-state index in [2.05, 4.69) is 10.7 Å². The molecule has 0 saturated carbocycles. The molecule has 1 fully saturated rings. The van der Waals surface area contributed by atoms with Crippen molar-refractivity contribution in [3.63, 3.8) is 0 Å². The van der Waals surface area contributed by atoms with Gasteiger partial charge in [-0.1, -0.05) is 49.4 Å². The number of hydrazine groups is 1. The number of urea groups is 1. The molecule has 1 saturated heterocycles. The van der Waals surface area contributed by atoms with Crippen molar-refractivity contribution in [2.24, 2.45) is 0 Å². The molecule has 2 aromatic carbocycles. The molecule has 30 heavy (non-hydrogen) atoms. The molecular weight excluding hydrogens is 388 g/mol. The van der Waals surface area contributed by atoms with Gasteiger partial charge >= 0.3 is 11.8 Å². The average molecular weight is 408 g/mol. The summed E-state index contributed by atoms with van der Waals surface area (Å²) in [6.07, 6.45) is 0.204. The molecule has 2 heterocycles. The monoisotopic (exact) mass is 408 g/mol. The third kappa shape index (κ3) is 3.14. The van der Waals surface area contributed by atoms with Crippen molar-refractivity contribution in [3.8, 4) is 0 Å². The van der Waals surface area contributed by atoms with Gasteiger partial charge in [-0.15, -0.1) is 0 Å². The van der Waals surface area contributed by atoms with Gasteiger partial charge in [0.15, 0.2) is 5.58 Å². The number of imide groups is 1. The fourth-order valence-corrected chi connectivity index (χ4v) is 3.66. The molecule has 1 aliphatic rings. The van der Waals surface area contributed by atoms with Crippen LogP contribution in [0.15, 0.2) is 63.8 Å². The van der Waals surface area contributed by atoms with Gasteiger partial charge < -0.3 is 9.73 Å². The number of nitrogens with zero attached hydrogens (tertiary/aromatic N) is 2. The summed E-state index contributed by atoms with van der Waals surface area (Å²) in [5.74, 6) is -1.70. The predicted molar refractivity (Wildman–Crippen MR) is 107 cm³/mol. The molecule has 0 bridgehead atoms. The van der Waals surface area contributed by atoms with Crippen LogP contribution < -0.4 is 16.5 Å². The number of carbonyl (C=O) groups excluding carboxylic acids is 3. The lowest BCUT2D eigenvalue weighted by Crippen LogP contribution is -2.48. The highest BCUT2D eigenvalue weighted by molar-refractivity contribution is 6.08. The molecule has 9 heteroatoms. The number of hydrogen-bond donors (Lipinski definition) is 2. The van der Waals surface area contributed by atoms with E-state index in [9.17, 15) is 19.2 Å². The SMILES string of the molecule is CC[C@]1(c2ccccc2)NC(=O)N(NC(=O)CCn2c(=O)oc3ccccc32)C1=O. The zero-order valence-corrected chi connectivity index (χ0v) is 16.3. The molecule has 2 N–H and O–H groups in total. The van der Waals surface area contributed by atoms with Gasteiger partial charge in [-0.2, -0.15) is 5.01 Å². The van der Waals surface area contributed by atoms with Crippen LogP contribution in [0, 0.1) is 0 Å². The van der Waals surface area contributed by atoms with Gasteiger partial charge in [-0.25, -0.2) is 9.59 Å². The number of nitrogens with one attached hydrogen (secondary N) is 2. The average Bonchev–Trinajstić information content (AvgIpc) is 3.21. The Labute approximate surface area is 171 Å². The standard InChI is InChI=1S/C21H20N4O5/c1-2-21(14-8-4-3-5-9-14)18(27)25(19(28)22-21)23-17(26)12-13-24-15-10-6-7-11-16(15)30-20(24)29/h3-11H,2,12-13H2,1H3,(H,22,28)(H,23,26)/t21-/m1/s1. The molecular formula is C21H20N4O5. The minimum atomic E-state index is -1.23. The largest absolute Gasteiger partial charge is 0.419 e. The van der Waals surface area contributed by atoms with Crippen LogP contribution in [0.25, 0.3) is 11.1 Å². The van der Waals surface area contributed by atoms with E-state index < -0.39 is 29.1 Å². The first-order valence-electron chi connectivity index (χ1n) is 9.56. The van der Waals surface area contributed by atoms with Gasteiger partial charge in [0.05, 0.1) is 5.52 Å². The Morgan fingerprint density at radius 1 is 1.07 bits per heavy atom. The third-order valence-electron chi connectivity index (χ3n) is 5.26. The van der Waals surface area contributed by atoms with Crippen molar-refractivity contribution < 1.29 is 18.8 Å². The summed E-state index contributed by atoms with van der Waals surface area (Å²) < 4.78 is 6.47. The normalized spacial score (nSPS) is 18.6. The van der Waals surface area contributed by atoms with Crippen LogP contribution in [0.1, 0.15) is 25.3 Å². The number of carbonyl (C=O) groups is 3. The molecule has 0 aliphatic carbocycles. The van der Waals surface area contributed by atoms with E-state index in [1.165, 1.54) is 4.57 Å². The van der Waals surface area contributed by atoms with Crippen molar-refractivity contribution in [2.75, 3.05) is 0 Å². The van der Waals surface area contributed by atoms with Gasteiger partial charge in [-0.3, -0.25) is 19.6 Å². The van der Waals surface area contributed by atoms with E-state index in [0.717, 1.165) is 0 Å². The van der Waals surface area contributed by atoms with E-state index in [-0.39, 0.29) is 13.0 Å². The lowest BCUT2D eigenvalue weighted by molar-refractivity contribution is -0.139. The summed E-state index contributed by atoms with van der Waals surface area (Å²) in [6, 6.07) is 15.1. The highest BCUT2D eigenvalue weighted by atomic mass is 16.4. The Hall–Kier alpha value is -3.88. The maximum atomic E-state index is 13.0. The first-order chi connectivity index (χ1) is 14.5. The lowest BCUT2D eigenvalue weighted by atomic mass is 9.87. The predicted octanol–water partition coefficient (Wildman–Crippen LogP) is 1.87. The Bertz CT molecular complexity index is 1180. The Morgan fingerprint density at radius 3 is 2.50 bits per heavy atom. The van der Waals surface area contributed by atoms with E-state index >= 15 is 0 Å². The fraction of sp³-hybridized carbons (Fsp3) is 0.238. The smallest absolute Gasteiger partial charge is 0.408 e. The van der Waals surface area contributed by atoms with E-state index in [1.807, 2.05) is 6.07 Å². The van der Waals surface area contributed by atoms with Crippen LogP contribution in [0.4, 0.5) is 4.79 Å². The summed E-state index contributed by atoms with van der Waals surface area (Å²) in [6.45, 7) is 1.83. The molecule has 154 valence electrons. The summed E-state index contributed by atoms with van der Waals surface area (Å²) >= 11 is 0. The van der Waals surface area contributed by atoms with E-state index in [0.29, 0.717) is 28.1 Å². The minimum Gasteiger partial charge on any atom is -0.408 e. The molecule has 0 spiro atoms. The number of amides is 4. The highest BCUT2D eigenvalue weighted by Gasteiger charge is 2.52. The molecule has 9 nitrogen and oxygen atoms in total. The van der Waals surface area contributed by atoms with Crippen molar-refractivity contribution in [1.82, 2.24) is 20.3 Å².